The molecule has 68 valence electrons. The number of halogens is 3. The molecular weight excluding hydrogens is 240 g/mol. The zero-order valence-corrected chi connectivity index (χ0v) is 8.24. The second-order valence-electron chi connectivity index (χ2n) is 2.24. The molecule has 0 atom stereocenters. The van der Waals surface area contributed by atoms with Crippen molar-refractivity contribution in [2.75, 3.05) is 5.33 Å². The number of pyridine rings is 1. The average Bonchev–Trinajstić information content (AvgIpc) is 2.03. The lowest BCUT2D eigenvalue weighted by atomic mass is 10.2. The lowest BCUT2D eigenvalue weighted by Crippen LogP contribution is -1.89. The molecule has 1 heterocycles. The summed E-state index contributed by atoms with van der Waals surface area (Å²) in [6.07, 6.45) is 0.644. The molecule has 0 amide bonds. The molecule has 0 aromatic carbocycles. The van der Waals surface area contributed by atoms with E-state index >= 15 is 0 Å². The van der Waals surface area contributed by atoms with Crippen LogP contribution in [0.25, 0.3) is 0 Å². The van der Waals surface area contributed by atoms with Crippen molar-refractivity contribution in [1.82, 2.24) is 4.98 Å². The highest BCUT2D eigenvalue weighted by atomic mass is 79.9. The van der Waals surface area contributed by atoms with Gasteiger partial charge >= 0.3 is 0 Å². The molecule has 0 saturated heterocycles. The van der Waals surface area contributed by atoms with Crippen LogP contribution in [-0.2, 0) is 0 Å². The van der Waals surface area contributed by atoms with Crippen molar-refractivity contribution in [2.45, 2.75) is 6.42 Å². The maximum atomic E-state index is 12.5. The Labute approximate surface area is 83.3 Å². The minimum Gasteiger partial charge on any atom is -0.191 e. The van der Waals surface area contributed by atoms with Gasteiger partial charge in [-0.15, -0.1) is 0 Å². The maximum Gasteiger partial charge on any atom is 0.216 e. The number of alkyl halides is 1. The highest BCUT2D eigenvalue weighted by molar-refractivity contribution is 9.09. The normalized spacial score (nSPS) is 9.15. The molecule has 0 unspecified atom stereocenters. The van der Waals surface area contributed by atoms with Gasteiger partial charge in [-0.25, -0.2) is 0 Å². The summed E-state index contributed by atoms with van der Waals surface area (Å²) in [7, 11) is 0. The minimum atomic E-state index is -0.844. The Hall–Kier alpha value is -0.950. The summed E-state index contributed by atoms with van der Waals surface area (Å²) in [5.41, 5.74) is 0.311. The second-order valence-corrected chi connectivity index (χ2v) is 3.04. The molecule has 0 radical (unpaired) electrons. The third-order valence-electron chi connectivity index (χ3n) is 1.22. The van der Waals surface area contributed by atoms with Crippen LogP contribution in [0.2, 0.25) is 0 Å². The first-order chi connectivity index (χ1) is 6.22. The first kappa shape index (κ1) is 10.1. The maximum absolute atomic E-state index is 12.5. The third-order valence-corrected chi connectivity index (χ3v) is 1.61. The van der Waals surface area contributed by atoms with Crippen LogP contribution in [0.4, 0.5) is 8.78 Å². The fourth-order valence-electron chi connectivity index (χ4n) is 0.749. The summed E-state index contributed by atoms with van der Waals surface area (Å²) in [5.74, 6) is 3.69. The van der Waals surface area contributed by atoms with E-state index in [1.165, 1.54) is 0 Å². The minimum absolute atomic E-state index is 0.311. The molecule has 0 N–H and O–H groups in total. The molecule has 1 aromatic rings. The summed E-state index contributed by atoms with van der Waals surface area (Å²) < 4.78 is 25.0. The standard InChI is InChI=1S/C9H6BrF2N/c10-4-2-1-3-7-5-8(11)13-9(12)6-7/h5-6H,2,4H2. The predicted octanol–water partition coefficient (Wildman–Crippen LogP) is 2.50. The second kappa shape index (κ2) is 4.93. The van der Waals surface area contributed by atoms with Crippen molar-refractivity contribution >= 4 is 15.9 Å². The van der Waals surface area contributed by atoms with Gasteiger partial charge in [0.2, 0.25) is 11.9 Å². The van der Waals surface area contributed by atoms with Gasteiger partial charge in [0.15, 0.2) is 0 Å². The summed E-state index contributed by atoms with van der Waals surface area (Å²) >= 11 is 3.19. The van der Waals surface area contributed by atoms with Gasteiger partial charge in [0.25, 0.3) is 0 Å². The van der Waals surface area contributed by atoms with Gasteiger partial charge in [-0.05, 0) is 0 Å². The molecule has 0 aliphatic rings. The van der Waals surface area contributed by atoms with Crippen LogP contribution in [0.15, 0.2) is 12.1 Å². The zero-order chi connectivity index (χ0) is 9.68. The van der Waals surface area contributed by atoms with Gasteiger partial charge in [0.1, 0.15) is 0 Å². The van der Waals surface area contributed by atoms with Crippen LogP contribution in [0, 0.1) is 23.7 Å². The van der Waals surface area contributed by atoms with E-state index in [9.17, 15) is 8.78 Å². The van der Waals surface area contributed by atoms with E-state index in [2.05, 4.69) is 32.8 Å². The lowest BCUT2D eigenvalue weighted by Gasteiger charge is -1.91. The van der Waals surface area contributed by atoms with Crippen LogP contribution in [0.1, 0.15) is 12.0 Å². The SMILES string of the molecule is Fc1cc(C#CCCBr)cc(F)n1. The Bertz CT molecular complexity index is 334. The fraction of sp³-hybridized carbons (Fsp3) is 0.222. The predicted molar refractivity (Wildman–Crippen MR) is 49.4 cm³/mol. The van der Waals surface area contributed by atoms with Gasteiger partial charge in [-0.2, -0.15) is 13.8 Å². The first-order valence-electron chi connectivity index (χ1n) is 3.60. The van der Waals surface area contributed by atoms with Gasteiger partial charge in [0.05, 0.1) is 0 Å². The van der Waals surface area contributed by atoms with Crippen molar-refractivity contribution < 1.29 is 8.78 Å². The molecule has 0 aliphatic heterocycles. The van der Waals surface area contributed by atoms with Crippen molar-refractivity contribution in [3.63, 3.8) is 0 Å². The van der Waals surface area contributed by atoms with Gasteiger partial charge in [-0.1, -0.05) is 27.8 Å². The molecule has 0 saturated carbocycles. The summed E-state index contributed by atoms with van der Waals surface area (Å²) in [4.78, 5) is 2.95. The molecule has 0 spiro atoms. The van der Waals surface area contributed by atoms with E-state index < -0.39 is 11.9 Å². The van der Waals surface area contributed by atoms with Crippen LogP contribution < -0.4 is 0 Å². The molecule has 0 bridgehead atoms. The molecule has 1 rings (SSSR count). The highest BCUT2D eigenvalue weighted by Crippen LogP contribution is 2.02. The van der Waals surface area contributed by atoms with E-state index in [4.69, 9.17) is 0 Å². The van der Waals surface area contributed by atoms with Gasteiger partial charge in [0, 0.05) is 29.4 Å². The summed E-state index contributed by atoms with van der Waals surface area (Å²) in [6.45, 7) is 0. The number of nitrogens with zero attached hydrogens (tertiary/aromatic N) is 1. The quantitative estimate of drug-likeness (QED) is 0.421. The van der Waals surface area contributed by atoms with Crippen LogP contribution in [0.3, 0.4) is 0 Å². The van der Waals surface area contributed by atoms with Crippen molar-refractivity contribution in [3.8, 4) is 11.8 Å². The molecule has 1 nitrogen and oxygen atoms in total. The van der Waals surface area contributed by atoms with E-state index in [0.29, 0.717) is 12.0 Å². The molecule has 13 heavy (non-hydrogen) atoms. The molecule has 0 fully saturated rings. The van der Waals surface area contributed by atoms with E-state index in [-0.39, 0.29) is 0 Å². The fourth-order valence-corrected chi connectivity index (χ4v) is 0.947. The van der Waals surface area contributed by atoms with Crippen LogP contribution >= 0.6 is 15.9 Å². The Balaban J connectivity index is 2.85. The summed E-state index contributed by atoms with van der Waals surface area (Å²) in [6, 6.07) is 2.20. The number of hydrogen-bond donors (Lipinski definition) is 0. The highest BCUT2D eigenvalue weighted by Gasteiger charge is 1.98. The Morgan fingerprint density at radius 3 is 2.46 bits per heavy atom. The first-order valence-corrected chi connectivity index (χ1v) is 4.72. The average molecular weight is 246 g/mol. The number of rotatable bonds is 1. The topological polar surface area (TPSA) is 12.9 Å². The largest absolute Gasteiger partial charge is 0.216 e. The zero-order valence-electron chi connectivity index (χ0n) is 6.65. The number of hydrogen-bond acceptors (Lipinski definition) is 1. The molecular formula is C9H6BrF2N. The van der Waals surface area contributed by atoms with Gasteiger partial charge in [-0.3, -0.25) is 0 Å². The molecule has 4 heteroatoms. The lowest BCUT2D eigenvalue weighted by molar-refractivity contribution is 0.512. The van der Waals surface area contributed by atoms with E-state index in [1.54, 1.807) is 0 Å². The number of aromatic nitrogens is 1. The van der Waals surface area contributed by atoms with Crippen molar-refractivity contribution in [3.05, 3.63) is 29.6 Å². The van der Waals surface area contributed by atoms with Crippen LogP contribution in [-0.4, -0.2) is 10.3 Å². The summed E-state index contributed by atoms with van der Waals surface area (Å²) in [5, 5.41) is 0.746. The molecule has 1 aromatic heterocycles. The van der Waals surface area contributed by atoms with Gasteiger partial charge < -0.3 is 0 Å². The Kier molecular flexibility index (Phi) is 3.84. The van der Waals surface area contributed by atoms with Crippen LogP contribution in [0.5, 0.6) is 0 Å². The monoisotopic (exact) mass is 245 g/mol. The van der Waals surface area contributed by atoms with E-state index in [1.807, 2.05) is 0 Å². The third kappa shape index (κ3) is 3.51. The smallest absolute Gasteiger partial charge is 0.191 e. The Morgan fingerprint density at radius 2 is 1.92 bits per heavy atom. The van der Waals surface area contributed by atoms with E-state index in [0.717, 1.165) is 17.5 Å². The molecule has 0 aliphatic carbocycles. The van der Waals surface area contributed by atoms with Crippen molar-refractivity contribution in [2.24, 2.45) is 0 Å². The Morgan fingerprint density at radius 1 is 1.31 bits per heavy atom. The van der Waals surface area contributed by atoms with Crippen molar-refractivity contribution in [1.29, 1.82) is 0 Å².